The number of nitrogens with zero attached hydrogens (tertiary/aromatic N) is 1. The van der Waals surface area contributed by atoms with E-state index in [2.05, 4.69) is 5.32 Å². The van der Waals surface area contributed by atoms with Crippen LogP contribution in [0.2, 0.25) is 0 Å². The number of hydrogen-bond acceptors (Lipinski definition) is 5. The van der Waals surface area contributed by atoms with Crippen LogP contribution in [0.25, 0.3) is 0 Å². The number of nitrogens with one attached hydrogen (secondary N) is 1. The topological polar surface area (TPSA) is 105 Å². The van der Waals surface area contributed by atoms with E-state index < -0.39 is 30.8 Å². The van der Waals surface area contributed by atoms with Crippen molar-refractivity contribution in [3.63, 3.8) is 0 Å². The first-order chi connectivity index (χ1) is 15.5. The highest BCUT2D eigenvalue weighted by atomic mass is 16.6. The molecule has 1 unspecified atom stereocenters. The zero-order chi connectivity index (χ0) is 22.8. The van der Waals surface area contributed by atoms with Crippen molar-refractivity contribution in [2.75, 3.05) is 19.8 Å². The number of carboxylic acid groups (broad SMARTS) is 1. The zero-order valence-electron chi connectivity index (χ0n) is 17.8. The van der Waals surface area contributed by atoms with Gasteiger partial charge in [0.1, 0.15) is 19.3 Å². The number of carbonyl (C=O) groups excluding carboxylic acids is 2. The van der Waals surface area contributed by atoms with Crippen LogP contribution in [-0.4, -0.2) is 59.8 Å². The van der Waals surface area contributed by atoms with Gasteiger partial charge in [-0.1, -0.05) is 60.7 Å². The molecule has 2 aromatic rings. The van der Waals surface area contributed by atoms with Crippen molar-refractivity contribution in [1.29, 1.82) is 0 Å². The van der Waals surface area contributed by atoms with Crippen LogP contribution >= 0.6 is 0 Å². The third-order valence-corrected chi connectivity index (χ3v) is 5.21. The Labute approximate surface area is 187 Å². The molecule has 1 aliphatic heterocycles. The van der Waals surface area contributed by atoms with Crippen molar-refractivity contribution >= 4 is 18.0 Å². The van der Waals surface area contributed by atoms with Gasteiger partial charge in [0.05, 0.1) is 12.6 Å². The summed E-state index contributed by atoms with van der Waals surface area (Å²) in [7, 11) is 0. The number of carbonyl (C=O) groups is 3. The lowest BCUT2D eigenvalue weighted by atomic mass is 10.1. The summed E-state index contributed by atoms with van der Waals surface area (Å²) in [6.45, 7) is 0.204. The third kappa shape index (κ3) is 7.09. The van der Waals surface area contributed by atoms with E-state index >= 15 is 0 Å². The minimum Gasteiger partial charge on any atom is -0.480 e. The van der Waals surface area contributed by atoms with Gasteiger partial charge in [-0.15, -0.1) is 0 Å². The van der Waals surface area contributed by atoms with Crippen LogP contribution in [0.4, 0.5) is 4.79 Å². The molecule has 0 spiro atoms. The van der Waals surface area contributed by atoms with Gasteiger partial charge in [-0.3, -0.25) is 9.69 Å². The number of amides is 2. The third-order valence-electron chi connectivity index (χ3n) is 5.21. The van der Waals surface area contributed by atoms with E-state index in [1.807, 2.05) is 60.7 Å². The second-order valence-electron chi connectivity index (χ2n) is 7.70. The molecule has 0 aliphatic carbocycles. The predicted molar refractivity (Wildman–Crippen MR) is 117 cm³/mol. The second-order valence-corrected chi connectivity index (χ2v) is 7.70. The first kappa shape index (κ1) is 23.3. The van der Waals surface area contributed by atoms with E-state index in [1.165, 1.54) is 4.90 Å². The van der Waals surface area contributed by atoms with Crippen LogP contribution in [0.1, 0.15) is 24.0 Å². The highest BCUT2D eigenvalue weighted by Gasteiger charge is 2.36. The van der Waals surface area contributed by atoms with Gasteiger partial charge in [-0.2, -0.15) is 0 Å². The summed E-state index contributed by atoms with van der Waals surface area (Å²) in [5.41, 5.74) is 1.86. The van der Waals surface area contributed by atoms with Gasteiger partial charge < -0.3 is 19.9 Å². The van der Waals surface area contributed by atoms with Gasteiger partial charge >= 0.3 is 12.1 Å². The summed E-state index contributed by atoms with van der Waals surface area (Å²) in [6.07, 6.45) is 1.21. The maximum atomic E-state index is 13.0. The van der Waals surface area contributed by atoms with E-state index in [9.17, 15) is 14.4 Å². The lowest BCUT2D eigenvalue weighted by molar-refractivity contribution is -0.142. The van der Waals surface area contributed by atoms with E-state index in [0.717, 1.165) is 11.1 Å². The maximum Gasteiger partial charge on any atom is 0.410 e. The Morgan fingerprint density at radius 3 is 2.34 bits per heavy atom. The fourth-order valence-corrected chi connectivity index (χ4v) is 3.70. The molecule has 8 nitrogen and oxygen atoms in total. The van der Waals surface area contributed by atoms with Crippen molar-refractivity contribution in [2.24, 2.45) is 0 Å². The number of aliphatic carboxylic acids is 1. The van der Waals surface area contributed by atoms with Crippen molar-refractivity contribution in [1.82, 2.24) is 10.2 Å². The SMILES string of the molecule is O=C(O)COCC(Cc1ccccc1)NC(=O)[C@@H]1CCCN1C(=O)OCc1ccccc1. The molecule has 2 amide bonds. The minimum absolute atomic E-state index is 0.0537. The maximum absolute atomic E-state index is 13.0. The molecular formula is C24H28N2O6. The van der Waals surface area contributed by atoms with Gasteiger partial charge in [-0.05, 0) is 30.4 Å². The summed E-state index contributed by atoms with van der Waals surface area (Å²) < 4.78 is 10.6. The quantitative estimate of drug-likeness (QED) is 0.588. The number of ether oxygens (including phenoxy) is 2. The van der Waals surface area contributed by atoms with E-state index in [4.69, 9.17) is 14.6 Å². The first-order valence-electron chi connectivity index (χ1n) is 10.6. The van der Waals surface area contributed by atoms with Crippen molar-refractivity contribution in [3.8, 4) is 0 Å². The number of likely N-dealkylation sites (tertiary alicyclic amines) is 1. The molecule has 2 aromatic carbocycles. The van der Waals surface area contributed by atoms with Crippen molar-refractivity contribution < 1.29 is 29.0 Å². The van der Waals surface area contributed by atoms with Gasteiger partial charge in [0.15, 0.2) is 0 Å². The number of rotatable bonds is 10. The largest absolute Gasteiger partial charge is 0.480 e. The summed E-state index contributed by atoms with van der Waals surface area (Å²) in [5.74, 6) is -1.36. The summed E-state index contributed by atoms with van der Waals surface area (Å²) in [4.78, 5) is 37.8. The number of hydrogen-bond donors (Lipinski definition) is 2. The molecule has 1 heterocycles. The minimum atomic E-state index is -1.07. The monoisotopic (exact) mass is 440 g/mol. The zero-order valence-corrected chi connectivity index (χ0v) is 17.8. The lowest BCUT2D eigenvalue weighted by Crippen LogP contribution is -2.50. The Bertz CT molecular complexity index is 890. The Kier molecular flexibility index (Phi) is 8.62. The number of carboxylic acids is 1. The second kappa shape index (κ2) is 11.9. The van der Waals surface area contributed by atoms with Gasteiger partial charge in [0.25, 0.3) is 0 Å². The smallest absolute Gasteiger partial charge is 0.410 e. The number of benzene rings is 2. The molecule has 0 bridgehead atoms. The molecule has 170 valence electrons. The summed E-state index contributed by atoms with van der Waals surface area (Å²) >= 11 is 0. The van der Waals surface area contributed by atoms with Gasteiger partial charge in [0, 0.05) is 6.54 Å². The highest BCUT2D eigenvalue weighted by molar-refractivity contribution is 5.86. The molecule has 2 atom stereocenters. The van der Waals surface area contributed by atoms with Gasteiger partial charge in [-0.25, -0.2) is 9.59 Å². The van der Waals surface area contributed by atoms with Crippen molar-refractivity contribution in [2.45, 2.75) is 38.0 Å². The molecule has 1 saturated heterocycles. The van der Waals surface area contributed by atoms with Crippen molar-refractivity contribution in [3.05, 3.63) is 71.8 Å². The molecule has 0 aromatic heterocycles. The Hall–Kier alpha value is -3.39. The predicted octanol–water partition coefficient (Wildman–Crippen LogP) is 2.62. The fourth-order valence-electron chi connectivity index (χ4n) is 3.70. The molecule has 8 heteroatoms. The molecule has 3 rings (SSSR count). The summed E-state index contributed by atoms with van der Waals surface area (Å²) in [5, 5.41) is 11.8. The van der Waals surface area contributed by atoms with Crippen LogP contribution in [-0.2, 0) is 32.1 Å². The fraction of sp³-hybridized carbons (Fsp3) is 0.375. The van der Waals surface area contributed by atoms with E-state index in [-0.39, 0.29) is 19.1 Å². The highest BCUT2D eigenvalue weighted by Crippen LogP contribution is 2.19. The standard InChI is InChI=1S/C24H28N2O6/c27-22(28)17-31-16-20(14-18-8-3-1-4-9-18)25-23(29)21-12-7-13-26(21)24(30)32-15-19-10-5-2-6-11-19/h1-6,8-11,20-21H,7,12-17H2,(H,25,29)(H,27,28)/t20?,21-/m0/s1. The molecule has 2 N–H and O–H groups in total. The lowest BCUT2D eigenvalue weighted by Gasteiger charge is -2.26. The van der Waals surface area contributed by atoms with E-state index in [0.29, 0.717) is 25.8 Å². The Morgan fingerprint density at radius 2 is 1.69 bits per heavy atom. The molecular weight excluding hydrogens is 412 g/mol. The van der Waals surface area contributed by atoms with Crippen LogP contribution in [0, 0.1) is 0 Å². The molecule has 0 saturated carbocycles. The van der Waals surface area contributed by atoms with Crippen LogP contribution in [0.5, 0.6) is 0 Å². The first-order valence-corrected chi connectivity index (χ1v) is 10.6. The molecule has 1 aliphatic rings. The summed E-state index contributed by atoms with van der Waals surface area (Å²) in [6, 6.07) is 17.9. The molecule has 1 fully saturated rings. The molecule has 0 radical (unpaired) electrons. The van der Waals surface area contributed by atoms with Crippen LogP contribution in [0.3, 0.4) is 0 Å². The Balaban J connectivity index is 1.58. The normalized spacial score (nSPS) is 16.4. The Morgan fingerprint density at radius 1 is 1.03 bits per heavy atom. The van der Waals surface area contributed by atoms with Gasteiger partial charge in [0.2, 0.25) is 5.91 Å². The average molecular weight is 440 g/mol. The van der Waals surface area contributed by atoms with E-state index in [1.54, 1.807) is 0 Å². The van der Waals surface area contributed by atoms with Crippen LogP contribution in [0.15, 0.2) is 60.7 Å². The molecule has 32 heavy (non-hydrogen) atoms. The van der Waals surface area contributed by atoms with Crippen LogP contribution < -0.4 is 5.32 Å². The average Bonchev–Trinajstić information content (AvgIpc) is 3.29.